The van der Waals surface area contributed by atoms with E-state index in [1.165, 1.54) is 22.5 Å². The number of hydrogen-bond acceptors (Lipinski definition) is 3. The maximum Gasteiger partial charge on any atom is 0.137 e. The van der Waals surface area contributed by atoms with Crippen LogP contribution < -0.4 is 0 Å². The Labute approximate surface area is 282 Å². The van der Waals surface area contributed by atoms with Crippen molar-refractivity contribution in [2.24, 2.45) is 0 Å². The van der Waals surface area contributed by atoms with E-state index in [1.54, 1.807) is 18.3 Å². The van der Waals surface area contributed by atoms with Gasteiger partial charge >= 0.3 is 0 Å². The number of aromatic nitrogens is 3. The Bertz CT molecular complexity index is 2720. The molecule has 5 aromatic carbocycles. The van der Waals surface area contributed by atoms with E-state index in [0.717, 1.165) is 60.6 Å². The summed E-state index contributed by atoms with van der Waals surface area (Å²) in [5.41, 5.74) is 8.88. The van der Waals surface area contributed by atoms with Crippen molar-refractivity contribution in [2.75, 3.05) is 0 Å². The van der Waals surface area contributed by atoms with Gasteiger partial charge in [-0.15, -0.1) is 59.7 Å². The van der Waals surface area contributed by atoms with E-state index in [0.29, 0.717) is 5.69 Å². The number of hydrogen-bond donors (Lipinski definition) is 0. The predicted octanol–water partition coefficient (Wildman–Crippen LogP) is 10.5. The second kappa shape index (κ2) is 11.2. The van der Waals surface area contributed by atoms with Crippen molar-refractivity contribution in [1.82, 2.24) is 14.4 Å². The third-order valence-electron chi connectivity index (χ3n) is 8.44. The summed E-state index contributed by atoms with van der Waals surface area (Å²) in [6.07, 6.45) is 3.22. The average molecular weight is 771 g/mol. The van der Waals surface area contributed by atoms with Crippen LogP contribution in [0.5, 0.6) is 0 Å². The topological polar surface area (TPSA) is 43.3 Å². The smallest absolute Gasteiger partial charge is 0.137 e. The summed E-state index contributed by atoms with van der Waals surface area (Å²) in [7, 11) is 0. The summed E-state index contributed by atoms with van der Waals surface area (Å²) >= 11 is 0. The second-order valence-corrected chi connectivity index (χ2v) is 11.1. The molecule has 0 N–H and O–H groups in total. The fourth-order valence-electron chi connectivity index (χ4n) is 6.41. The molecular formula is C41H25IrN3O-2. The molecule has 0 aliphatic carbocycles. The number of nitrogens with zero attached hydrogens (tertiary/aromatic N) is 3. The summed E-state index contributed by atoms with van der Waals surface area (Å²) in [5, 5.41) is 6.91. The van der Waals surface area contributed by atoms with Crippen molar-refractivity contribution >= 4 is 60.0 Å². The fourth-order valence-corrected chi connectivity index (χ4v) is 6.41. The van der Waals surface area contributed by atoms with Gasteiger partial charge in [-0.3, -0.25) is 0 Å². The van der Waals surface area contributed by atoms with Crippen LogP contribution in [0.25, 0.3) is 82.5 Å². The quantitative estimate of drug-likeness (QED) is 0.165. The standard InChI is InChI=1S/C30H17N2O.C11H8N.Ir/c1-17-9-11-25(31-16-17)18-10-12-26-22(13-18)20-6-4-7-21-23-14-24-19-5-2-3-8-28(19)33-29(24)15-27(23)32(26)30(20)21;1-2-6-10(7-3-1)11-8-4-5-9-12-11;/h2-9,11-16H,1H3;1-6,8-9H;/q2*-1;/i1D3;;. The van der Waals surface area contributed by atoms with Crippen LogP contribution in [0.4, 0.5) is 0 Å². The van der Waals surface area contributed by atoms with Crippen molar-refractivity contribution in [3.05, 3.63) is 151 Å². The van der Waals surface area contributed by atoms with E-state index in [1.807, 2.05) is 66.7 Å². The molecule has 0 spiro atoms. The minimum atomic E-state index is -2.17. The van der Waals surface area contributed by atoms with Gasteiger partial charge in [-0.05, 0) is 52.9 Å². The van der Waals surface area contributed by atoms with Gasteiger partial charge in [0.05, 0.1) is 5.52 Å². The van der Waals surface area contributed by atoms with Crippen LogP contribution in [-0.4, -0.2) is 14.4 Å². The number of pyridine rings is 2. The van der Waals surface area contributed by atoms with Crippen molar-refractivity contribution in [1.29, 1.82) is 0 Å². The number of furan rings is 1. The van der Waals surface area contributed by atoms with Gasteiger partial charge in [-0.25, -0.2) is 0 Å². The van der Waals surface area contributed by atoms with Crippen LogP contribution >= 0.6 is 0 Å². The van der Waals surface area contributed by atoms with Gasteiger partial charge in [0.1, 0.15) is 11.2 Å². The molecular weight excluding hydrogens is 743 g/mol. The molecule has 221 valence electrons. The van der Waals surface area contributed by atoms with E-state index in [9.17, 15) is 0 Å². The SMILES string of the molecule is [2H]C([2H])([2H])c1ccc(-c2[c-]cc3c(c2)c2cccc4c5cc6c(cc5n3c24)oc2ccccc26)nc1.[Ir].[c-]1ccccc1-c1ccccn1. The van der Waals surface area contributed by atoms with E-state index in [2.05, 4.69) is 69.0 Å². The summed E-state index contributed by atoms with van der Waals surface area (Å²) in [6, 6.07) is 46.7. The third-order valence-corrected chi connectivity index (χ3v) is 8.44. The molecule has 5 heteroatoms. The normalized spacial score (nSPS) is 12.7. The van der Waals surface area contributed by atoms with E-state index < -0.39 is 6.85 Å². The van der Waals surface area contributed by atoms with Crippen LogP contribution in [0.2, 0.25) is 0 Å². The van der Waals surface area contributed by atoms with Crippen LogP contribution in [0.1, 0.15) is 9.68 Å². The first-order valence-corrected chi connectivity index (χ1v) is 14.7. The molecule has 0 saturated carbocycles. The number of fused-ring (bicyclic) bond motifs is 9. The zero-order valence-electron chi connectivity index (χ0n) is 27.3. The average Bonchev–Trinajstić information content (AvgIpc) is 3.77. The molecule has 5 heterocycles. The van der Waals surface area contributed by atoms with Crippen molar-refractivity contribution < 1.29 is 28.6 Å². The zero-order valence-corrected chi connectivity index (χ0v) is 26.7. The Kier molecular flexibility index (Phi) is 6.08. The first kappa shape index (κ1) is 24.9. The van der Waals surface area contributed by atoms with E-state index >= 15 is 0 Å². The molecule has 0 aliphatic rings. The minimum Gasteiger partial charge on any atom is -0.456 e. The van der Waals surface area contributed by atoms with Gasteiger partial charge in [0.15, 0.2) is 0 Å². The van der Waals surface area contributed by atoms with Crippen LogP contribution in [-0.2, 0) is 20.1 Å². The second-order valence-electron chi connectivity index (χ2n) is 11.1. The number of rotatable bonds is 2. The molecule has 0 fully saturated rings. The zero-order chi connectivity index (χ0) is 32.4. The molecule has 0 aliphatic heterocycles. The fraction of sp³-hybridized carbons (Fsp3) is 0.0244. The first-order chi connectivity index (χ1) is 23.4. The van der Waals surface area contributed by atoms with Gasteiger partial charge in [-0.1, -0.05) is 66.0 Å². The molecule has 46 heavy (non-hydrogen) atoms. The van der Waals surface area contributed by atoms with Crippen LogP contribution in [0.15, 0.2) is 138 Å². The van der Waals surface area contributed by atoms with Crippen LogP contribution in [0, 0.1) is 19.0 Å². The molecule has 10 rings (SSSR count). The first-order valence-electron chi connectivity index (χ1n) is 16.2. The minimum absolute atomic E-state index is 0. The molecule has 10 aromatic rings. The molecule has 0 atom stereocenters. The van der Waals surface area contributed by atoms with Gasteiger partial charge in [0, 0.05) is 69.7 Å². The van der Waals surface area contributed by atoms with Gasteiger partial charge in [-0.2, -0.15) is 0 Å². The Balaban J connectivity index is 0.000000228. The summed E-state index contributed by atoms with van der Waals surface area (Å²) < 4.78 is 31.3. The molecule has 1 radical (unpaired) electrons. The molecule has 0 saturated heterocycles. The maximum absolute atomic E-state index is 7.59. The summed E-state index contributed by atoms with van der Waals surface area (Å²) in [6.45, 7) is -2.17. The van der Waals surface area contributed by atoms with Crippen molar-refractivity contribution in [2.45, 2.75) is 6.85 Å². The van der Waals surface area contributed by atoms with E-state index in [-0.39, 0.29) is 25.7 Å². The van der Waals surface area contributed by atoms with Crippen molar-refractivity contribution in [3.8, 4) is 22.5 Å². The molecule has 0 amide bonds. The number of para-hydroxylation sites is 2. The summed E-state index contributed by atoms with van der Waals surface area (Å²) in [5.74, 6) is 0. The summed E-state index contributed by atoms with van der Waals surface area (Å²) in [4.78, 5) is 8.64. The molecule has 4 nitrogen and oxygen atoms in total. The molecule has 0 bridgehead atoms. The molecule has 5 aromatic heterocycles. The van der Waals surface area contributed by atoms with Gasteiger partial charge in [0.25, 0.3) is 0 Å². The molecule has 0 unspecified atom stereocenters. The Morgan fingerprint density at radius 2 is 1.43 bits per heavy atom. The van der Waals surface area contributed by atoms with E-state index in [4.69, 9.17) is 8.53 Å². The van der Waals surface area contributed by atoms with Crippen molar-refractivity contribution in [3.63, 3.8) is 0 Å². The largest absolute Gasteiger partial charge is 0.456 e. The third kappa shape index (κ3) is 4.47. The number of aryl methyl sites for hydroxylation is 1. The number of benzene rings is 5. The van der Waals surface area contributed by atoms with Crippen LogP contribution in [0.3, 0.4) is 0 Å². The van der Waals surface area contributed by atoms with Gasteiger partial charge < -0.3 is 18.8 Å². The maximum atomic E-state index is 7.59. The van der Waals surface area contributed by atoms with Gasteiger partial charge in [0.2, 0.25) is 0 Å². The predicted molar refractivity (Wildman–Crippen MR) is 184 cm³/mol. The monoisotopic (exact) mass is 771 g/mol. The Morgan fingerprint density at radius 3 is 2.22 bits per heavy atom. The Morgan fingerprint density at radius 1 is 0.630 bits per heavy atom. The Hall–Kier alpha value is -5.35.